The summed E-state index contributed by atoms with van der Waals surface area (Å²) < 4.78 is 0. The summed E-state index contributed by atoms with van der Waals surface area (Å²) in [5.41, 5.74) is 3.07. The van der Waals surface area contributed by atoms with E-state index in [1.807, 2.05) is 42.5 Å². The fraction of sp³-hybridized carbons (Fsp3) is 0.118. The largest absolute Gasteiger partial charge is 0.392 e. The van der Waals surface area contributed by atoms with Gasteiger partial charge >= 0.3 is 0 Å². The molecule has 0 unspecified atom stereocenters. The van der Waals surface area contributed by atoms with Gasteiger partial charge in [-0.15, -0.1) is 11.8 Å². The SMILES string of the molecule is OCc1ccc(SCc2ccc3ccccc3n2)cc1. The zero-order chi connectivity index (χ0) is 13.8. The minimum Gasteiger partial charge on any atom is -0.392 e. The van der Waals surface area contributed by atoms with Crippen molar-refractivity contribution in [3.8, 4) is 0 Å². The zero-order valence-electron chi connectivity index (χ0n) is 11.0. The molecule has 3 aromatic rings. The van der Waals surface area contributed by atoms with Crippen LogP contribution in [0.4, 0.5) is 0 Å². The first-order chi connectivity index (χ1) is 9.85. The van der Waals surface area contributed by atoms with Gasteiger partial charge in [0.15, 0.2) is 0 Å². The Labute approximate surface area is 122 Å². The topological polar surface area (TPSA) is 33.1 Å². The standard InChI is InChI=1S/C17H15NOS/c19-11-13-5-9-16(10-6-13)20-12-15-8-7-14-3-1-2-4-17(14)18-15/h1-10,19H,11-12H2. The first kappa shape index (κ1) is 13.2. The zero-order valence-corrected chi connectivity index (χ0v) is 11.8. The number of hydrogen-bond acceptors (Lipinski definition) is 3. The molecule has 0 spiro atoms. The van der Waals surface area contributed by atoms with Gasteiger partial charge in [0.25, 0.3) is 0 Å². The molecular weight excluding hydrogens is 266 g/mol. The number of hydrogen-bond donors (Lipinski definition) is 1. The van der Waals surface area contributed by atoms with Crippen LogP contribution < -0.4 is 0 Å². The number of fused-ring (bicyclic) bond motifs is 1. The molecule has 0 aliphatic carbocycles. The van der Waals surface area contributed by atoms with Gasteiger partial charge < -0.3 is 5.11 Å². The highest BCUT2D eigenvalue weighted by Gasteiger charge is 2.00. The second-order valence-electron chi connectivity index (χ2n) is 4.59. The number of nitrogens with zero attached hydrogens (tertiary/aromatic N) is 1. The summed E-state index contributed by atoms with van der Waals surface area (Å²) in [6.07, 6.45) is 0. The van der Waals surface area contributed by atoms with Crippen LogP contribution in [-0.2, 0) is 12.4 Å². The quantitative estimate of drug-likeness (QED) is 0.733. The van der Waals surface area contributed by atoms with Crippen molar-refractivity contribution in [2.75, 3.05) is 0 Å². The molecule has 1 heterocycles. The van der Waals surface area contributed by atoms with E-state index in [2.05, 4.69) is 23.2 Å². The summed E-state index contributed by atoms with van der Waals surface area (Å²) in [5, 5.41) is 10.2. The Bertz CT molecular complexity index is 710. The molecule has 0 radical (unpaired) electrons. The molecule has 3 rings (SSSR count). The maximum atomic E-state index is 9.02. The maximum Gasteiger partial charge on any atom is 0.0705 e. The fourth-order valence-electron chi connectivity index (χ4n) is 2.04. The van der Waals surface area contributed by atoms with E-state index in [0.717, 1.165) is 22.5 Å². The summed E-state index contributed by atoms with van der Waals surface area (Å²) >= 11 is 1.76. The highest BCUT2D eigenvalue weighted by atomic mass is 32.2. The molecule has 2 aromatic carbocycles. The van der Waals surface area contributed by atoms with Gasteiger partial charge in [-0.3, -0.25) is 4.98 Å². The molecule has 0 fully saturated rings. The molecule has 0 bridgehead atoms. The van der Waals surface area contributed by atoms with Gasteiger partial charge in [0.05, 0.1) is 17.8 Å². The van der Waals surface area contributed by atoms with E-state index in [-0.39, 0.29) is 6.61 Å². The van der Waals surface area contributed by atoms with Crippen LogP contribution in [0.5, 0.6) is 0 Å². The molecule has 0 aliphatic rings. The van der Waals surface area contributed by atoms with E-state index in [4.69, 9.17) is 5.11 Å². The van der Waals surface area contributed by atoms with Crippen molar-refractivity contribution in [1.29, 1.82) is 0 Å². The van der Waals surface area contributed by atoms with E-state index in [1.54, 1.807) is 11.8 Å². The van der Waals surface area contributed by atoms with Crippen molar-refractivity contribution in [2.24, 2.45) is 0 Å². The van der Waals surface area contributed by atoms with Crippen molar-refractivity contribution in [1.82, 2.24) is 4.98 Å². The highest BCUT2D eigenvalue weighted by molar-refractivity contribution is 7.98. The van der Waals surface area contributed by atoms with Gasteiger partial charge in [-0.05, 0) is 29.8 Å². The summed E-state index contributed by atoms with van der Waals surface area (Å²) in [6, 6.07) is 20.3. The number of aliphatic hydroxyl groups excluding tert-OH is 1. The molecular formula is C17H15NOS. The van der Waals surface area contributed by atoms with Gasteiger partial charge in [0.1, 0.15) is 0 Å². The molecule has 0 saturated heterocycles. The number of aliphatic hydroxyl groups is 1. The lowest BCUT2D eigenvalue weighted by Crippen LogP contribution is -1.88. The third-order valence-electron chi connectivity index (χ3n) is 3.15. The van der Waals surface area contributed by atoms with Crippen molar-refractivity contribution in [2.45, 2.75) is 17.3 Å². The lowest BCUT2D eigenvalue weighted by molar-refractivity contribution is 0.282. The summed E-state index contributed by atoms with van der Waals surface area (Å²) in [7, 11) is 0. The normalized spacial score (nSPS) is 10.8. The second-order valence-corrected chi connectivity index (χ2v) is 5.63. The summed E-state index contributed by atoms with van der Waals surface area (Å²) in [4.78, 5) is 5.85. The molecule has 0 amide bonds. The number of para-hydroxylation sites is 1. The molecule has 1 N–H and O–H groups in total. The van der Waals surface area contributed by atoms with Crippen LogP contribution in [0.2, 0.25) is 0 Å². The Morgan fingerprint density at radius 3 is 2.50 bits per heavy atom. The fourth-order valence-corrected chi connectivity index (χ4v) is 2.84. The molecule has 0 aliphatic heterocycles. The minimum absolute atomic E-state index is 0.0944. The van der Waals surface area contributed by atoms with Gasteiger partial charge in [0.2, 0.25) is 0 Å². The minimum atomic E-state index is 0.0944. The van der Waals surface area contributed by atoms with E-state index in [9.17, 15) is 0 Å². The van der Waals surface area contributed by atoms with Crippen molar-refractivity contribution in [3.05, 3.63) is 71.9 Å². The average Bonchev–Trinajstić information content (AvgIpc) is 2.53. The van der Waals surface area contributed by atoms with Crippen LogP contribution >= 0.6 is 11.8 Å². The van der Waals surface area contributed by atoms with Gasteiger partial charge in [-0.1, -0.05) is 36.4 Å². The highest BCUT2D eigenvalue weighted by Crippen LogP contribution is 2.23. The lowest BCUT2D eigenvalue weighted by atomic mass is 10.2. The number of aromatic nitrogens is 1. The van der Waals surface area contributed by atoms with E-state index < -0.39 is 0 Å². The smallest absolute Gasteiger partial charge is 0.0705 e. The van der Waals surface area contributed by atoms with Crippen molar-refractivity contribution in [3.63, 3.8) is 0 Å². The molecule has 100 valence electrons. The van der Waals surface area contributed by atoms with Crippen LogP contribution in [0.3, 0.4) is 0 Å². The predicted molar refractivity (Wildman–Crippen MR) is 83.7 cm³/mol. The van der Waals surface area contributed by atoms with Crippen LogP contribution in [0.1, 0.15) is 11.3 Å². The first-order valence-corrected chi connectivity index (χ1v) is 7.51. The van der Waals surface area contributed by atoms with Gasteiger partial charge in [-0.2, -0.15) is 0 Å². The molecule has 0 atom stereocenters. The number of pyridine rings is 1. The van der Waals surface area contributed by atoms with E-state index >= 15 is 0 Å². The third-order valence-corrected chi connectivity index (χ3v) is 4.19. The van der Waals surface area contributed by atoms with Crippen LogP contribution in [0, 0.1) is 0 Å². The Morgan fingerprint density at radius 2 is 1.70 bits per heavy atom. The number of benzene rings is 2. The first-order valence-electron chi connectivity index (χ1n) is 6.52. The molecule has 2 nitrogen and oxygen atoms in total. The van der Waals surface area contributed by atoms with Gasteiger partial charge in [0, 0.05) is 16.0 Å². The third kappa shape index (κ3) is 3.00. The predicted octanol–water partition coefficient (Wildman–Crippen LogP) is 4.02. The molecule has 1 aromatic heterocycles. The number of rotatable bonds is 4. The number of thioether (sulfide) groups is 1. The van der Waals surface area contributed by atoms with E-state index in [0.29, 0.717) is 0 Å². The van der Waals surface area contributed by atoms with Crippen molar-refractivity contribution < 1.29 is 5.11 Å². The Hall–Kier alpha value is -1.84. The van der Waals surface area contributed by atoms with Gasteiger partial charge in [-0.25, -0.2) is 0 Å². The lowest BCUT2D eigenvalue weighted by Gasteiger charge is -2.04. The Morgan fingerprint density at radius 1 is 0.900 bits per heavy atom. The molecule has 20 heavy (non-hydrogen) atoms. The van der Waals surface area contributed by atoms with E-state index in [1.165, 1.54) is 10.3 Å². The maximum absolute atomic E-state index is 9.02. The molecule has 0 saturated carbocycles. The Kier molecular flexibility index (Phi) is 4.00. The van der Waals surface area contributed by atoms with Crippen LogP contribution in [0.25, 0.3) is 10.9 Å². The monoisotopic (exact) mass is 281 g/mol. The van der Waals surface area contributed by atoms with Crippen LogP contribution in [-0.4, -0.2) is 10.1 Å². The Balaban J connectivity index is 1.72. The summed E-state index contributed by atoms with van der Waals surface area (Å²) in [5.74, 6) is 0.851. The summed E-state index contributed by atoms with van der Waals surface area (Å²) in [6.45, 7) is 0.0944. The van der Waals surface area contributed by atoms with Crippen LogP contribution in [0.15, 0.2) is 65.6 Å². The second kappa shape index (κ2) is 6.07. The van der Waals surface area contributed by atoms with Crippen molar-refractivity contribution >= 4 is 22.7 Å². The molecule has 3 heteroatoms. The average molecular weight is 281 g/mol.